The van der Waals surface area contributed by atoms with Crippen molar-refractivity contribution in [2.24, 2.45) is 0 Å². The Morgan fingerprint density at radius 1 is 1.00 bits per heavy atom. The van der Waals surface area contributed by atoms with Gasteiger partial charge in [0.25, 0.3) is 0 Å². The van der Waals surface area contributed by atoms with E-state index in [1.807, 2.05) is 41.3 Å². The zero-order valence-corrected chi connectivity index (χ0v) is 20.9. The van der Waals surface area contributed by atoms with E-state index in [1.54, 1.807) is 10.4 Å². The van der Waals surface area contributed by atoms with Gasteiger partial charge in [-0.1, -0.05) is 50.3 Å². The highest BCUT2D eigenvalue weighted by atomic mass is 32.2. The lowest BCUT2D eigenvalue weighted by atomic mass is 9.87. The average molecular weight is 480 g/mol. The van der Waals surface area contributed by atoms with Crippen molar-refractivity contribution >= 4 is 27.2 Å². The molecule has 3 aliphatic rings. The van der Waals surface area contributed by atoms with Gasteiger partial charge in [0.05, 0.1) is 11.4 Å². The number of benzene rings is 2. The summed E-state index contributed by atoms with van der Waals surface area (Å²) in [6, 6.07) is 15.6. The molecule has 34 heavy (non-hydrogen) atoms. The van der Waals surface area contributed by atoms with Crippen molar-refractivity contribution in [2.45, 2.75) is 43.4 Å². The maximum absolute atomic E-state index is 13.5. The van der Waals surface area contributed by atoms with Crippen LogP contribution in [0.3, 0.4) is 0 Å². The molecule has 7 heteroatoms. The molecule has 2 aromatic carbocycles. The highest BCUT2D eigenvalue weighted by Crippen LogP contribution is 2.42. The second kappa shape index (κ2) is 8.86. The predicted molar refractivity (Wildman–Crippen MR) is 135 cm³/mol. The minimum absolute atomic E-state index is 0.159. The van der Waals surface area contributed by atoms with Crippen LogP contribution < -0.4 is 4.90 Å². The molecule has 3 heterocycles. The van der Waals surface area contributed by atoms with Crippen molar-refractivity contribution in [3.63, 3.8) is 0 Å². The number of amides is 1. The summed E-state index contributed by atoms with van der Waals surface area (Å²) in [5, 5.41) is 0. The molecule has 0 radical (unpaired) electrons. The first-order valence-electron chi connectivity index (χ1n) is 12.2. The minimum atomic E-state index is -3.60. The summed E-state index contributed by atoms with van der Waals surface area (Å²) in [7, 11) is -3.60. The van der Waals surface area contributed by atoms with Gasteiger partial charge in [0.15, 0.2) is 0 Å². The standard InChI is InChI=1S/C27H33N3O3S/c1-27(2)20-29(19-26(31)28-14-6-7-15-28)25-11-10-23(18-24(25)27)34(32,33)30-16-12-22(13-17-30)21-8-4-3-5-9-21/h3-5,8-12,18H,6-7,13-17,19-20H2,1-2H3. The van der Waals surface area contributed by atoms with Crippen molar-refractivity contribution in [3.05, 3.63) is 65.7 Å². The first kappa shape index (κ1) is 23.1. The number of rotatable bonds is 5. The van der Waals surface area contributed by atoms with Crippen LogP contribution in [-0.4, -0.2) is 62.8 Å². The summed E-state index contributed by atoms with van der Waals surface area (Å²) in [6.07, 6.45) is 4.88. The Morgan fingerprint density at radius 3 is 2.41 bits per heavy atom. The number of likely N-dealkylation sites (tertiary alicyclic amines) is 1. The Morgan fingerprint density at radius 2 is 1.74 bits per heavy atom. The molecule has 0 aliphatic carbocycles. The van der Waals surface area contributed by atoms with Crippen LogP contribution >= 0.6 is 0 Å². The average Bonchev–Trinajstić information content (AvgIpc) is 3.46. The normalized spacial score (nSPS) is 20.4. The molecule has 0 atom stereocenters. The highest BCUT2D eigenvalue weighted by Gasteiger charge is 2.38. The van der Waals surface area contributed by atoms with E-state index in [2.05, 4.69) is 30.9 Å². The second-order valence-corrected chi connectivity index (χ2v) is 12.2. The number of carbonyl (C=O) groups excluding carboxylic acids is 1. The van der Waals surface area contributed by atoms with Gasteiger partial charge in [0.1, 0.15) is 0 Å². The molecule has 2 aromatic rings. The van der Waals surface area contributed by atoms with Gasteiger partial charge in [0, 0.05) is 43.8 Å². The number of carbonyl (C=O) groups is 1. The van der Waals surface area contributed by atoms with Gasteiger partial charge in [-0.3, -0.25) is 4.79 Å². The molecule has 0 unspecified atom stereocenters. The molecule has 6 nitrogen and oxygen atoms in total. The number of sulfonamides is 1. The quantitative estimate of drug-likeness (QED) is 0.653. The molecule has 3 aliphatic heterocycles. The van der Waals surface area contributed by atoms with E-state index in [0.717, 1.165) is 42.7 Å². The second-order valence-electron chi connectivity index (χ2n) is 10.2. The summed E-state index contributed by atoms with van der Waals surface area (Å²) in [5.41, 5.74) is 4.10. The van der Waals surface area contributed by atoms with Crippen LogP contribution in [-0.2, 0) is 20.2 Å². The number of anilines is 1. The maximum Gasteiger partial charge on any atom is 0.243 e. The first-order valence-corrected chi connectivity index (χ1v) is 13.6. The van der Waals surface area contributed by atoms with E-state index in [9.17, 15) is 13.2 Å². The third kappa shape index (κ3) is 4.27. The van der Waals surface area contributed by atoms with E-state index in [0.29, 0.717) is 37.5 Å². The van der Waals surface area contributed by atoms with E-state index in [1.165, 1.54) is 5.57 Å². The van der Waals surface area contributed by atoms with Gasteiger partial charge >= 0.3 is 0 Å². The van der Waals surface area contributed by atoms with Gasteiger partial charge < -0.3 is 9.80 Å². The summed E-state index contributed by atoms with van der Waals surface area (Å²) in [6.45, 7) is 7.84. The van der Waals surface area contributed by atoms with E-state index in [-0.39, 0.29) is 11.3 Å². The Balaban J connectivity index is 1.36. The van der Waals surface area contributed by atoms with Crippen LogP contribution in [0.15, 0.2) is 59.5 Å². The van der Waals surface area contributed by atoms with Crippen LogP contribution in [0.2, 0.25) is 0 Å². The van der Waals surface area contributed by atoms with Crippen molar-refractivity contribution < 1.29 is 13.2 Å². The number of hydrogen-bond donors (Lipinski definition) is 0. The zero-order valence-electron chi connectivity index (χ0n) is 20.0. The minimum Gasteiger partial charge on any atom is -0.361 e. The zero-order chi connectivity index (χ0) is 23.9. The van der Waals surface area contributed by atoms with E-state index < -0.39 is 10.0 Å². The SMILES string of the molecule is CC1(C)CN(CC(=O)N2CCCC2)c2ccc(S(=O)(=O)N3CC=C(c4ccccc4)CC3)cc21. The maximum atomic E-state index is 13.5. The van der Waals surface area contributed by atoms with Crippen molar-refractivity contribution in [1.29, 1.82) is 0 Å². The Labute approximate surface area is 202 Å². The molecule has 180 valence electrons. The number of hydrogen-bond acceptors (Lipinski definition) is 4. The molecular formula is C27H33N3O3S. The predicted octanol–water partition coefficient (Wildman–Crippen LogP) is 3.88. The molecule has 5 rings (SSSR count). The first-order chi connectivity index (χ1) is 16.3. The fourth-order valence-electron chi connectivity index (χ4n) is 5.44. The third-order valence-corrected chi connectivity index (χ3v) is 9.22. The molecule has 0 spiro atoms. The Hall–Kier alpha value is -2.64. The monoisotopic (exact) mass is 479 g/mol. The Bertz CT molecular complexity index is 1210. The topological polar surface area (TPSA) is 60.9 Å². The lowest BCUT2D eigenvalue weighted by Gasteiger charge is -2.26. The molecule has 1 saturated heterocycles. The van der Waals surface area contributed by atoms with Crippen LogP contribution in [0.25, 0.3) is 5.57 Å². The molecule has 0 saturated carbocycles. The van der Waals surface area contributed by atoms with Crippen LogP contribution in [0.4, 0.5) is 5.69 Å². The fraction of sp³-hybridized carbons (Fsp3) is 0.444. The summed E-state index contributed by atoms with van der Waals surface area (Å²) >= 11 is 0. The summed E-state index contributed by atoms with van der Waals surface area (Å²) in [4.78, 5) is 17.2. The van der Waals surface area contributed by atoms with E-state index in [4.69, 9.17) is 0 Å². The van der Waals surface area contributed by atoms with Gasteiger partial charge in [-0.05, 0) is 54.2 Å². The summed E-state index contributed by atoms with van der Waals surface area (Å²) < 4.78 is 28.6. The molecule has 1 amide bonds. The largest absolute Gasteiger partial charge is 0.361 e. The van der Waals surface area contributed by atoms with Crippen LogP contribution in [0.1, 0.15) is 44.2 Å². The van der Waals surface area contributed by atoms with Gasteiger partial charge in [-0.25, -0.2) is 8.42 Å². The van der Waals surface area contributed by atoms with Gasteiger partial charge in [0.2, 0.25) is 15.9 Å². The summed E-state index contributed by atoms with van der Waals surface area (Å²) in [5.74, 6) is 0.159. The van der Waals surface area contributed by atoms with Gasteiger partial charge in [-0.15, -0.1) is 0 Å². The number of nitrogens with zero attached hydrogens (tertiary/aromatic N) is 3. The van der Waals surface area contributed by atoms with Crippen molar-refractivity contribution in [3.8, 4) is 0 Å². The third-order valence-electron chi connectivity index (χ3n) is 7.36. The lowest BCUT2D eigenvalue weighted by molar-refractivity contribution is -0.128. The van der Waals surface area contributed by atoms with Crippen molar-refractivity contribution in [2.75, 3.05) is 44.2 Å². The van der Waals surface area contributed by atoms with Gasteiger partial charge in [-0.2, -0.15) is 4.31 Å². The van der Waals surface area contributed by atoms with E-state index >= 15 is 0 Å². The fourth-order valence-corrected chi connectivity index (χ4v) is 6.85. The van der Waals surface area contributed by atoms with Crippen LogP contribution in [0.5, 0.6) is 0 Å². The Kier molecular flexibility index (Phi) is 6.02. The molecule has 0 N–H and O–H groups in total. The molecule has 1 fully saturated rings. The molecule has 0 aromatic heterocycles. The molecular weight excluding hydrogens is 446 g/mol. The van der Waals surface area contributed by atoms with Crippen LogP contribution in [0, 0.1) is 0 Å². The highest BCUT2D eigenvalue weighted by molar-refractivity contribution is 7.89. The number of fused-ring (bicyclic) bond motifs is 1. The molecule has 0 bridgehead atoms. The lowest BCUT2D eigenvalue weighted by Crippen LogP contribution is -2.40. The smallest absolute Gasteiger partial charge is 0.243 e. The van der Waals surface area contributed by atoms with Crippen molar-refractivity contribution in [1.82, 2.24) is 9.21 Å².